The van der Waals surface area contributed by atoms with Gasteiger partial charge in [-0.15, -0.1) is 0 Å². The molecule has 0 saturated carbocycles. The minimum absolute atomic E-state index is 0.0951. The molecule has 2 aromatic carbocycles. The van der Waals surface area contributed by atoms with Crippen LogP contribution in [0.1, 0.15) is 43.7 Å². The summed E-state index contributed by atoms with van der Waals surface area (Å²) in [6.07, 6.45) is 2.66. The molecule has 6 heteroatoms. The number of nitrogens with one attached hydrogen (secondary N) is 1. The average molecular weight is 411 g/mol. The zero-order chi connectivity index (χ0) is 20.7. The van der Waals surface area contributed by atoms with Gasteiger partial charge in [0.2, 0.25) is 15.9 Å². The first kappa shape index (κ1) is 21.1. The molecule has 3 rings (SSSR count). The minimum Gasteiger partial charge on any atom is -0.325 e. The quantitative estimate of drug-likeness (QED) is 0.740. The van der Waals surface area contributed by atoms with Crippen LogP contribution in [0.4, 0.5) is 5.69 Å². The van der Waals surface area contributed by atoms with Crippen LogP contribution in [0.5, 0.6) is 0 Å². The number of sulfonamides is 1. The van der Waals surface area contributed by atoms with Gasteiger partial charge in [-0.3, -0.25) is 4.79 Å². The molecule has 0 bridgehead atoms. The summed E-state index contributed by atoms with van der Waals surface area (Å²) < 4.78 is 26.5. The van der Waals surface area contributed by atoms with E-state index in [1.165, 1.54) is 4.31 Å². The van der Waals surface area contributed by atoms with Crippen LogP contribution in [0.2, 0.25) is 0 Å². The smallest absolute Gasteiger partial charge is 0.242 e. The third-order valence-corrected chi connectivity index (χ3v) is 6.83. The summed E-state index contributed by atoms with van der Waals surface area (Å²) in [5.74, 6) is 6.00. The van der Waals surface area contributed by atoms with Crippen LogP contribution >= 0.6 is 0 Å². The number of anilines is 1. The van der Waals surface area contributed by atoms with Gasteiger partial charge in [0.1, 0.15) is 6.04 Å². The topological polar surface area (TPSA) is 66.5 Å². The fourth-order valence-corrected chi connectivity index (χ4v) is 5.23. The van der Waals surface area contributed by atoms with Gasteiger partial charge in [0.25, 0.3) is 0 Å². The van der Waals surface area contributed by atoms with E-state index in [-0.39, 0.29) is 11.7 Å². The predicted octanol–water partition coefficient (Wildman–Crippen LogP) is 3.62. The first-order chi connectivity index (χ1) is 14.0. The lowest BCUT2D eigenvalue weighted by atomic mass is 10.1. The molecule has 1 fully saturated rings. The van der Waals surface area contributed by atoms with E-state index in [9.17, 15) is 13.2 Å². The van der Waals surface area contributed by atoms with Gasteiger partial charge in [0, 0.05) is 23.4 Å². The summed E-state index contributed by atoms with van der Waals surface area (Å²) >= 11 is 0. The molecular formula is C23H26N2O3S. The van der Waals surface area contributed by atoms with Gasteiger partial charge in [0.15, 0.2) is 0 Å². The van der Waals surface area contributed by atoms with E-state index in [1.54, 1.807) is 12.1 Å². The summed E-state index contributed by atoms with van der Waals surface area (Å²) in [6.45, 7) is 2.37. The van der Waals surface area contributed by atoms with Crippen molar-refractivity contribution in [3.63, 3.8) is 0 Å². The van der Waals surface area contributed by atoms with Crippen LogP contribution in [0.3, 0.4) is 0 Å². The van der Waals surface area contributed by atoms with Gasteiger partial charge in [0.05, 0.1) is 5.75 Å². The van der Waals surface area contributed by atoms with Crippen molar-refractivity contribution in [2.24, 2.45) is 0 Å². The highest BCUT2D eigenvalue weighted by atomic mass is 32.2. The summed E-state index contributed by atoms with van der Waals surface area (Å²) in [7, 11) is -3.41. The largest absolute Gasteiger partial charge is 0.325 e. The van der Waals surface area contributed by atoms with Crippen LogP contribution in [0.15, 0.2) is 54.6 Å². The molecule has 0 radical (unpaired) electrons. The predicted molar refractivity (Wildman–Crippen MR) is 116 cm³/mol. The molecule has 5 nitrogen and oxygen atoms in total. The van der Waals surface area contributed by atoms with Crippen LogP contribution in [-0.4, -0.2) is 37.0 Å². The Hall–Kier alpha value is -2.62. The lowest BCUT2D eigenvalue weighted by Crippen LogP contribution is -2.44. The SMILES string of the molecule is CCCCS(=O)(=O)N1CCCC1C(=O)Nc1cccc(C#Cc2ccccc2)c1. The second-order valence-electron chi connectivity index (χ2n) is 7.12. The zero-order valence-corrected chi connectivity index (χ0v) is 17.4. The molecule has 0 aliphatic carbocycles. The van der Waals surface area contributed by atoms with Gasteiger partial charge in [-0.2, -0.15) is 4.31 Å². The molecule has 1 atom stereocenters. The highest BCUT2D eigenvalue weighted by Crippen LogP contribution is 2.23. The van der Waals surface area contributed by atoms with Gasteiger partial charge >= 0.3 is 0 Å². The van der Waals surface area contributed by atoms with Crippen molar-refractivity contribution >= 4 is 21.6 Å². The number of amides is 1. The van der Waals surface area contributed by atoms with Crippen molar-refractivity contribution in [1.82, 2.24) is 4.31 Å². The molecule has 0 spiro atoms. The van der Waals surface area contributed by atoms with E-state index < -0.39 is 16.1 Å². The van der Waals surface area contributed by atoms with E-state index in [1.807, 2.05) is 49.4 Å². The Morgan fingerprint density at radius 1 is 1.10 bits per heavy atom. The number of carbonyl (C=O) groups excluding carboxylic acids is 1. The molecule has 1 amide bonds. The van der Waals surface area contributed by atoms with E-state index in [4.69, 9.17) is 0 Å². The Morgan fingerprint density at radius 3 is 2.59 bits per heavy atom. The average Bonchev–Trinajstić information content (AvgIpc) is 3.23. The van der Waals surface area contributed by atoms with Gasteiger partial charge < -0.3 is 5.32 Å². The maximum absolute atomic E-state index is 12.8. The molecule has 29 heavy (non-hydrogen) atoms. The second-order valence-corrected chi connectivity index (χ2v) is 9.17. The molecule has 1 aliphatic rings. The van der Waals surface area contributed by atoms with Gasteiger partial charge in [-0.1, -0.05) is 49.5 Å². The fourth-order valence-electron chi connectivity index (χ4n) is 3.35. The Morgan fingerprint density at radius 2 is 1.83 bits per heavy atom. The molecule has 1 saturated heterocycles. The summed E-state index contributed by atoms with van der Waals surface area (Å²) in [5.41, 5.74) is 2.32. The minimum atomic E-state index is -3.41. The standard InChI is InChI=1S/C23H26N2O3S/c1-2-3-17-29(27,28)25-16-8-13-22(25)23(26)24-21-12-7-11-20(18-21)15-14-19-9-5-4-6-10-19/h4-7,9-12,18,22H,2-3,8,13,16-17H2,1H3,(H,24,26). The molecule has 1 N–H and O–H groups in total. The molecule has 2 aromatic rings. The maximum Gasteiger partial charge on any atom is 0.242 e. The Kier molecular flexibility index (Phi) is 7.08. The number of nitrogens with zero attached hydrogens (tertiary/aromatic N) is 1. The number of rotatable bonds is 6. The fraction of sp³-hybridized carbons (Fsp3) is 0.348. The van der Waals surface area contributed by atoms with Crippen molar-refractivity contribution < 1.29 is 13.2 Å². The number of benzene rings is 2. The van der Waals surface area contributed by atoms with Gasteiger partial charge in [-0.05, 0) is 49.6 Å². The molecule has 1 unspecified atom stereocenters. The van der Waals surface area contributed by atoms with Crippen molar-refractivity contribution in [3.8, 4) is 11.8 Å². The number of unbranched alkanes of at least 4 members (excludes halogenated alkanes) is 1. The lowest BCUT2D eigenvalue weighted by Gasteiger charge is -2.23. The number of hydrogen-bond donors (Lipinski definition) is 1. The summed E-state index contributed by atoms with van der Waals surface area (Å²) in [6, 6.07) is 16.3. The highest BCUT2D eigenvalue weighted by Gasteiger charge is 2.38. The van der Waals surface area contributed by atoms with Crippen LogP contribution in [0.25, 0.3) is 0 Å². The third kappa shape index (κ3) is 5.69. The molecule has 0 aromatic heterocycles. The second kappa shape index (κ2) is 9.73. The van der Waals surface area contributed by atoms with Crippen molar-refractivity contribution in [1.29, 1.82) is 0 Å². The highest BCUT2D eigenvalue weighted by molar-refractivity contribution is 7.89. The van der Waals surface area contributed by atoms with Crippen molar-refractivity contribution in [3.05, 3.63) is 65.7 Å². The van der Waals surface area contributed by atoms with Crippen LogP contribution in [0, 0.1) is 11.8 Å². The Bertz CT molecular complexity index is 1010. The van der Waals surface area contributed by atoms with E-state index in [0.29, 0.717) is 31.5 Å². The molecule has 1 heterocycles. The van der Waals surface area contributed by atoms with E-state index >= 15 is 0 Å². The molecule has 152 valence electrons. The van der Waals surface area contributed by atoms with Gasteiger partial charge in [-0.25, -0.2) is 8.42 Å². The Labute approximate surface area is 173 Å². The summed E-state index contributed by atoms with van der Waals surface area (Å²) in [4.78, 5) is 12.8. The monoisotopic (exact) mass is 410 g/mol. The Balaban J connectivity index is 1.70. The molecule has 1 aliphatic heterocycles. The van der Waals surface area contributed by atoms with Crippen molar-refractivity contribution in [2.45, 2.75) is 38.6 Å². The lowest BCUT2D eigenvalue weighted by molar-refractivity contribution is -0.119. The normalized spacial score (nSPS) is 16.8. The first-order valence-electron chi connectivity index (χ1n) is 9.97. The summed E-state index contributed by atoms with van der Waals surface area (Å²) in [5, 5.41) is 2.87. The number of hydrogen-bond acceptors (Lipinski definition) is 3. The molecular weight excluding hydrogens is 384 g/mol. The number of carbonyl (C=O) groups is 1. The maximum atomic E-state index is 12.8. The first-order valence-corrected chi connectivity index (χ1v) is 11.6. The van der Waals surface area contributed by atoms with Crippen molar-refractivity contribution in [2.75, 3.05) is 17.6 Å². The van der Waals surface area contributed by atoms with Crippen LogP contribution in [-0.2, 0) is 14.8 Å². The third-order valence-electron chi connectivity index (χ3n) is 4.87. The van der Waals surface area contributed by atoms with E-state index in [0.717, 1.165) is 17.5 Å². The van der Waals surface area contributed by atoms with E-state index in [2.05, 4.69) is 17.2 Å². The van der Waals surface area contributed by atoms with Crippen LogP contribution < -0.4 is 5.32 Å². The zero-order valence-electron chi connectivity index (χ0n) is 16.6.